The highest BCUT2D eigenvalue weighted by molar-refractivity contribution is 7.22. The first-order valence-corrected chi connectivity index (χ1v) is 11.0. The molecule has 4 heteroatoms. The summed E-state index contributed by atoms with van der Waals surface area (Å²) in [6.07, 6.45) is 0. The van der Waals surface area contributed by atoms with Gasteiger partial charge in [0.1, 0.15) is 10.0 Å². The molecule has 0 saturated heterocycles. The van der Waals surface area contributed by atoms with Gasteiger partial charge in [0.05, 0.1) is 20.4 Å². The van der Waals surface area contributed by atoms with E-state index in [0.29, 0.717) is 0 Å². The van der Waals surface area contributed by atoms with Crippen molar-refractivity contribution in [1.82, 2.24) is 9.97 Å². The van der Waals surface area contributed by atoms with Crippen molar-refractivity contribution in [2.75, 3.05) is 0 Å². The first-order valence-electron chi connectivity index (χ1n) is 9.34. The van der Waals surface area contributed by atoms with E-state index in [1.54, 1.807) is 22.7 Å². The quantitative estimate of drug-likeness (QED) is 0.307. The molecule has 28 heavy (non-hydrogen) atoms. The lowest BCUT2D eigenvalue weighted by Gasteiger charge is -2.09. The first-order chi connectivity index (χ1) is 13.5. The van der Waals surface area contributed by atoms with Crippen LogP contribution in [0.4, 0.5) is 0 Å². The number of hydrogen-bond acceptors (Lipinski definition) is 4. The lowest BCUT2D eigenvalue weighted by molar-refractivity contribution is 1.35. The van der Waals surface area contributed by atoms with Crippen LogP contribution in [0.3, 0.4) is 0 Å². The van der Waals surface area contributed by atoms with Gasteiger partial charge in [-0.1, -0.05) is 12.1 Å². The van der Waals surface area contributed by atoms with Gasteiger partial charge >= 0.3 is 0 Å². The Hall–Kier alpha value is -2.56. The molecule has 0 bridgehead atoms. The minimum absolute atomic E-state index is 1.09. The Labute approximate surface area is 172 Å². The molecule has 2 aromatic heterocycles. The Balaban J connectivity index is 1.62. The van der Waals surface area contributed by atoms with Crippen molar-refractivity contribution in [3.63, 3.8) is 0 Å². The molecule has 2 nitrogen and oxygen atoms in total. The van der Waals surface area contributed by atoms with E-state index in [-0.39, 0.29) is 0 Å². The van der Waals surface area contributed by atoms with Crippen LogP contribution < -0.4 is 0 Å². The predicted octanol–water partition coefficient (Wildman–Crippen LogP) is 7.47. The number of fused-ring (bicyclic) bond motifs is 2. The predicted molar refractivity (Wildman–Crippen MR) is 123 cm³/mol. The highest BCUT2D eigenvalue weighted by Crippen LogP contribution is 2.38. The molecule has 0 unspecified atom stereocenters. The zero-order valence-corrected chi connectivity index (χ0v) is 18.0. The zero-order chi connectivity index (χ0) is 19.4. The maximum atomic E-state index is 4.90. The highest BCUT2D eigenvalue weighted by Gasteiger charge is 2.15. The van der Waals surface area contributed by atoms with Gasteiger partial charge in [0, 0.05) is 11.1 Å². The lowest BCUT2D eigenvalue weighted by Crippen LogP contribution is -1.89. The normalized spacial score (nSPS) is 11.6. The Bertz CT molecular complexity index is 1250. The van der Waals surface area contributed by atoms with E-state index in [9.17, 15) is 0 Å². The largest absolute Gasteiger partial charge is 0.236 e. The molecule has 0 N–H and O–H groups in total. The Morgan fingerprint density at radius 2 is 1.00 bits per heavy atom. The molecule has 0 aliphatic rings. The Kier molecular flexibility index (Phi) is 4.07. The third kappa shape index (κ3) is 2.93. The van der Waals surface area contributed by atoms with Gasteiger partial charge in [-0.2, -0.15) is 0 Å². The van der Waals surface area contributed by atoms with Crippen LogP contribution in [0.2, 0.25) is 0 Å². The van der Waals surface area contributed by atoms with Crippen molar-refractivity contribution < 1.29 is 0 Å². The fourth-order valence-corrected chi connectivity index (χ4v) is 5.64. The SMILES string of the molecule is Cc1ccc2sc(-c3cc(C)c(-c4nc5cc(C)ccc5s4)cc3C)nc2c1. The van der Waals surface area contributed by atoms with Gasteiger partial charge in [-0.15, -0.1) is 22.7 Å². The van der Waals surface area contributed by atoms with Crippen molar-refractivity contribution in [2.24, 2.45) is 0 Å². The second kappa shape index (κ2) is 6.50. The van der Waals surface area contributed by atoms with Gasteiger partial charge in [-0.3, -0.25) is 0 Å². The third-order valence-corrected chi connectivity index (χ3v) is 7.26. The maximum Gasteiger partial charge on any atom is 0.124 e. The number of thiazole rings is 2. The fraction of sp³-hybridized carbons (Fsp3) is 0.167. The third-order valence-electron chi connectivity index (χ3n) is 5.12. The molecule has 5 rings (SSSR count). The summed E-state index contributed by atoms with van der Waals surface area (Å²) in [5, 5.41) is 2.18. The smallest absolute Gasteiger partial charge is 0.124 e. The van der Waals surface area contributed by atoms with Crippen molar-refractivity contribution in [3.8, 4) is 21.1 Å². The van der Waals surface area contributed by atoms with Crippen molar-refractivity contribution in [3.05, 3.63) is 70.8 Å². The summed E-state index contributed by atoms with van der Waals surface area (Å²) >= 11 is 3.53. The molecule has 0 radical (unpaired) electrons. The number of benzene rings is 3. The summed E-state index contributed by atoms with van der Waals surface area (Å²) in [4.78, 5) is 9.80. The van der Waals surface area contributed by atoms with Crippen molar-refractivity contribution >= 4 is 43.1 Å². The average Bonchev–Trinajstić information content (AvgIpc) is 3.26. The monoisotopic (exact) mass is 400 g/mol. The average molecular weight is 401 g/mol. The van der Waals surface area contributed by atoms with Gasteiger partial charge < -0.3 is 0 Å². The van der Waals surface area contributed by atoms with Crippen molar-refractivity contribution in [1.29, 1.82) is 0 Å². The minimum atomic E-state index is 1.09. The fourth-order valence-electron chi connectivity index (χ4n) is 3.58. The molecule has 2 heterocycles. The van der Waals surface area contributed by atoms with Crippen LogP contribution in [0.25, 0.3) is 41.6 Å². The summed E-state index contributed by atoms with van der Waals surface area (Å²) in [5.74, 6) is 0. The van der Waals surface area contributed by atoms with Gasteiger partial charge in [-0.05, 0) is 86.3 Å². The molecule has 0 aliphatic heterocycles. The van der Waals surface area contributed by atoms with E-state index in [2.05, 4.69) is 76.2 Å². The Morgan fingerprint density at radius 1 is 0.571 bits per heavy atom. The van der Waals surface area contributed by atoms with E-state index < -0.39 is 0 Å². The van der Waals surface area contributed by atoms with E-state index in [1.807, 2.05) is 0 Å². The van der Waals surface area contributed by atoms with E-state index >= 15 is 0 Å². The number of aromatic nitrogens is 2. The summed E-state index contributed by atoms with van der Waals surface area (Å²) in [7, 11) is 0. The Morgan fingerprint density at radius 3 is 1.43 bits per heavy atom. The number of rotatable bonds is 2. The van der Waals surface area contributed by atoms with Gasteiger partial charge in [0.15, 0.2) is 0 Å². The van der Waals surface area contributed by atoms with Gasteiger partial charge in [0.2, 0.25) is 0 Å². The first kappa shape index (κ1) is 17.5. The molecule has 0 atom stereocenters. The maximum absolute atomic E-state index is 4.90. The molecule has 3 aromatic carbocycles. The number of hydrogen-bond donors (Lipinski definition) is 0. The van der Waals surface area contributed by atoms with Crippen LogP contribution in [0, 0.1) is 27.7 Å². The van der Waals surface area contributed by atoms with Crippen LogP contribution in [0.15, 0.2) is 48.5 Å². The van der Waals surface area contributed by atoms with Crippen molar-refractivity contribution in [2.45, 2.75) is 27.7 Å². The van der Waals surface area contributed by atoms with Crippen LogP contribution in [-0.4, -0.2) is 9.97 Å². The van der Waals surface area contributed by atoms with Crippen LogP contribution >= 0.6 is 22.7 Å². The van der Waals surface area contributed by atoms with Gasteiger partial charge in [-0.25, -0.2) is 9.97 Å². The lowest BCUT2D eigenvalue weighted by atomic mass is 10.0. The summed E-state index contributed by atoms with van der Waals surface area (Å²) in [5.41, 5.74) is 9.59. The molecule has 0 saturated carbocycles. The summed E-state index contributed by atoms with van der Waals surface area (Å²) in [6, 6.07) is 17.5. The number of aryl methyl sites for hydroxylation is 4. The van der Waals surface area contributed by atoms with Crippen LogP contribution in [0.1, 0.15) is 22.3 Å². The minimum Gasteiger partial charge on any atom is -0.236 e. The van der Waals surface area contributed by atoms with E-state index in [0.717, 1.165) is 21.0 Å². The second-order valence-corrected chi connectivity index (χ2v) is 9.52. The molecular formula is C24H20N2S2. The molecule has 0 aliphatic carbocycles. The van der Waals surface area contributed by atoms with E-state index in [4.69, 9.17) is 9.97 Å². The molecule has 138 valence electrons. The molecule has 0 fully saturated rings. The van der Waals surface area contributed by atoms with Crippen LogP contribution in [0.5, 0.6) is 0 Å². The topological polar surface area (TPSA) is 25.8 Å². The zero-order valence-electron chi connectivity index (χ0n) is 16.3. The van der Waals surface area contributed by atoms with Crippen LogP contribution in [-0.2, 0) is 0 Å². The summed E-state index contributed by atoms with van der Waals surface area (Å²) < 4.78 is 2.48. The second-order valence-electron chi connectivity index (χ2n) is 7.46. The molecular weight excluding hydrogens is 380 g/mol. The highest BCUT2D eigenvalue weighted by atomic mass is 32.1. The standard InChI is InChI=1S/C24H20N2S2/c1-13-5-7-21-19(9-13)25-23(27-21)17-11-16(4)18(12-15(17)3)24-26-20-10-14(2)6-8-22(20)28-24/h5-12H,1-4H3. The molecule has 5 aromatic rings. The number of nitrogens with zero attached hydrogens (tertiary/aromatic N) is 2. The van der Waals surface area contributed by atoms with Gasteiger partial charge in [0.25, 0.3) is 0 Å². The molecule has 0 amide bonds. The molecule has 0 spiro atoms. The van der Waals surface area contributed by atoms with E-state index in [1.165, 1.54) is 42.8 Å². The summed E-state index contributed by atoms with van der Waals surface area (Å²) in [6.45, 7) is 8.57.